The molecule has 7 heteroatoms. The van der Waals surface area contributed by atoms with Gasteiger partial charge in [-0.2, -0.15) is 0 Å². The molecule has 3 rings (SSSR count). The van der Waals surface area contributed by atoms with Gasteiger partial charge in [-0.15, -0.1) is 11.3 Å². The Morgan fingerprint density at radius 3 is 2.62 bits per heavy atom. The van der Waals surface area contributed by atoms with E-state index in [2.05, 4.69) is 20.1 Å². The monoisotopic (exact) mass is 374 g/mol. The molecule has 1 atom stereocenters. The summed E-state index contributed by atoms with van der Waals surface area (Å²) in [6.45, 7) is 6.23. The van der Waals surface area contributed by atoms with E-state index >= 15 is 0 Å². The lowest BCUT2D eigenvalue weighted by molar-refractivity contribution is -0.125. The third-order valence-corrected chi connectivity index (χ3v) is 5.64. The van der Waals surface area contributed by atoms with Crippen LogP contribution in [0.25, 0.3) is 0 Å². The lowest BCUT2D eigenvalue weighted by Gasteiger charge is -2.37. The normalized spacial score (nSPS) is 16.3. The van der Waals surface area contributed by atoms with Crippen LogP contribution in [0.15, 0.2) is 35.8 Å². The lowest BCUT2D eigenvalue weighted by atomic mass is 10.1. The van der Waals surface area contributed by atoms with Crippen LogP contribution < -0.4 is 15.0 Å². The SMILES string of the molecule is COc1ccc(CCNC(=O)C(C)N2CCN(c3nccs3)CC2)cc1. The molecule has 0 saturated carbocycles. The van der Waals surface area contributed by atoms with Gasteiger partial charge in [0.1, 0.15) is 5.75 Å². The van der Waals surface area contributed by atoms with Gasteiger partial charge in [-0.1, -0.05) is 12.1 Å². The molecule has 1 fully saturated rings. The molecule has 1 aliphatic heterocycles. The van der Waals surface area contributed by atoms with Crippen LogP contribution >= 0.6 is 11.3 Å². The average molecular weight is 375 g/mol. The molecule has 0 spiro atoms. The summed E-state index contributed by atoms with van der Waals surface area (Å²) in [6.07, 6.45) is 2.66. The van der Waals surface area contributed by atoms with E-state index in [1.807, 2.05) is 42.8 Å². The van der Waals surface area contributed by atoms with E-state index in [1.54, 1.807) is 18.4 Å². The Bertz CT molecular complexity index is 682. The molecule has 2 aromatic rings. The molecular formula is C19H26N4O2S. The van der Waals surface area contributed by atoms with Gasteiger partial charge in [-0.25, -0.2) is 4.98 Å². The van der Waals surface area contributed by atoms with Gasteiger partial charge in [-0.3, -0.25) is 9.69 Å². The summed E-state index contributed by atoms with van der Waals surface area (Å²) in [5, 5.41) is 6.13. The molecule has 140 valence electrons. The second-order valence-electron chi connectivity index (χ2n) is 6.40. The maximum Gasteiger partial charge on any atom is 0.237 e. The molecule has 1 aromatic carbocycles. The summed E-state index contributed by atoms with van der Waals surface area (Å²) in [6, 6.07) is 7.85. The number of methoxy groups -OCH3 is 1. The van der Waals surface area contributed by atoms with Crippen molar-refractivity contribution in [2.24, 2.45) is 0 Å². The Balaban J connectivity index is 1.40. The standard InChI is InChI=1S/C19H26N4O2S/c1-15(22-10-12-23(13-11-22)19-21-9-14-26-19)18(24)20-8-7-16-3-5-17(25-2)6-4-16/h3-6,9,14-15H,7-8,10-13H2,1-2H3,(H,20,24). The zero-order valence-corrected chi connectivity index (χ0v) is 16.2. The smallest absolute Gasteiger partial charge is 0.237 e. The molecule has 0 aliphatic carbocycles. The van der Waals surface area contributed by atoms with E-state index < -0.39 is 0 Å². The Morgan fingerprint density at radius 2 is 2.00 bits per heavy atom. The van der Waals surface area contributed by atoms with Gasteiger partial charge in [-0.05, 0) is 31.0 Å². The number of anilines is 1. The van der Waals surface area contributed by atoms with Gasteiger partial charge in [0, 0.05) is 44.3 Å². The molecule has 1 aromatic heterocycles. The minimum absolute atomic E-state index is 0.0983. The molecule has 1 aliphatic rings. The molecule has 0 radical (unpaired) electrons. The number of piperazine rings is 1. The predicted octanol–water partition coefficient (Wildman–Crippen LogP) is 2.02. The van der Waals surface area contributed by atoms with Crippen LogP contribution in [0.3, 0.4) is 0 Å². The van der Waals surface area contributed by atoms with Crippen LogP contribution in [0.1, 0.15) is 12.5 Å². The topological polar surface area (TPSA) is 57.7 Å². The third kappa shape index (κ3) is 4.74. The van der Waals surface area contributed by atoms with Crippen molar-refractivity contribution in [1.82, 2.24) is 15.2 Å². The fourth-order valence-electron chi connectivity index (χ4n) is 3.11. The quantitative estimate of drug-likeness (QED) is 0.804. The number of hydrogen-bond acceptors (Lipinski definition) is 6. The van der Waals surface area contributed by atoms with Gasteiger partial charge >= 0.3 is 0 Å². The first-order chi connectivity index (χ1) is 12.7. The van der Waals surface area contributed by atoms with E-state index in [1.165, 1.54) is 5.56 Å². The van der Waals surface area contributed by atoms with Crippen molar-refractivity contribution >= 4 is 22.4 Å². The number of hydrogen-bond donors (Lipinski definition) is 1. The molecule has 1 N–H and O–H groups in total. The van der Waals surface area contributed by atoms with Crippen LogP contribution in [0.2, 0.25) is 0 Å². The van der Waals surface area contributed by atoms with Crippen LogP contribution in [0, 0.1) is 0 Å². The number of nitrogens with zero attached hydrogens (tertiary/aromatic N) is 3. The summed E-state index contributed by atoms with van der Waals surface area (Å²) in [7, 11) is 1.66. The number of aromatic nitrogens is 1. The summed E-state index contributed by atoms with van der Waals surface area (Å²) in [5.74, 6) is 0.949. The van der Waals surface area contributed by atoms with Crippen LogP contribution in [0.4, 0.5) is 5.13 Å². The first-order valence-electron chi connectivity index (χ1n) is 8.96. The molecular weight excluding hydrogens is 348 g/mol. The number of carbonyl (C=O) groups is 1. The highest BCUT2D eigenvalue weighted by Gasteiger charge is 2.26. The van der Waals surface area contributed by atoms with Crippen molar-refractivity contribution in [3.63, 3.8) is 0 Å². The summed E-state index contributed by atoms with van der Waals surface area (Å²) >= 11 is 1.67. The summed E-state index contributed by atoms with van der Waals surface area (Å²) in [5.41, 5.74) is 1.19. The fraction of sp³-hybridized carbons (Fsp3) is 0.474. The largest absolute Gasteiger partial charge is 0.497 e. The van der Waals surface area contributed by atoms with Crippen LogP contribution in [-0.4, -0.2) is 61.7 Å². The molecule has 0 bridgehead atoms. The van der Waals surface area contributed by atoms with Crippen LogP contribution in [-0.2, 0) is 11.2 Å². The summed E-state index contributed by atoms with van der Waals surface area (Å²) in [4.78, 5) is 21.3. The van der Waals surface area contributed by atoms with E-state index in [0.717, 1.165) is 43.5 Å². The highest BCUT2D eigenvalue weighted by molar-refractivity contribution is 7.13. The van der Waals surface area contributed by atoms with E-state index in [0.29, 0.717) is 6.54 Å². The molecule has 1 saturated heterocycles. The third-order valence-electron chi connectivity index (χ3n) is 4.80. The van der Waals surface area contributed by atoms with Gasteiger partial charge in [0.2, 0.25) is 5.91 Å². The Morgan fingerprint density at radius 1 is 1.27 bits per heavy atom. The maximum atomic E-state index is 12.4. The summed E-state index contributed by atoms with van der Waals surface area (Å²) < 4.78 is 5.16. The molecule has 1 unspecified atom stereocenters. The minimum Gasteiger partial charge on any atom is -0.497 e. The number of nitrogens with one attached hydrogen (secondary N) is 1. The zero-order chi connectivity index (χ0) is 18.4. The minimum atomic E-state index is -0.107. The molecule has 1 amide bonds. The maximum absolute atomic E-state index is 12.4. The van der Waals surface area contributed by atoms with E-state index in [4.69, 9.17) is 4.74 Å². The number of carbonyl (C=O) groups excluding carboxylic acids is 1. The first kappa shape index (κ1) is 18.7. The van der Waals surface area contributed by atoms with Crippen molar-refractivity contribution in [2.45, 2.75) is 19.4 Å². The first-order valence-corrected chi connectivity index (χ1v) is 9.84. The number of benzene rings is 1. The van der Waals surface area contributed by atoms with E-state index in [9.17, 15) is 4.79 Å². The van der Waals surface area contributed by atoms with Crippen LogP contribution in [0.5, 0.6) is 5.75 Å². The van der Waals surface area contributed by atoms with Crippen molar-refractivity contribution in [3.05, 3.63) is 41.4 Å². The van der Waals surface area contributed by atoms with Gasteiger partial charge in [0.05, 0.1) is 13.2 Å². The molecule has 26 heavy (non-hydrogen) atoms. The van der Waals surface area contributed by atoms with Gasteiger partial charge in [0.15, 0.2) is 5.13 Å². The van der Waals surface area contributed by atoms with E-state index in [-0.39, 0.29) is 11.9 Å². The average Bonchev–Trinajstić information content (AvgIpc) is 3.23. The fourth-order valence-corrected chi connectivity index (χ4v) is 3.81. The highest BCUT2D eigenvalue weighted by atomic mass is 32.1. The highest BCUT2D eigenvalue weighted by Crippen LogP contribution is 2.19. The number of ether oxygens (including phenoxy) is 1. The zero-order valence-electron chi connectivity index (χ0n) is 15.4. The van der Waals surface area contributed by atoms with Gasteiger partial charge in [0.25, 0.3) is 0 Å². The van der Waals surface area contributed by atoms with Gasteiger partial charge < -0.3 is 15.0 Å². The second-order valence-corrected chi connectivity index (χ2v) is 7.28. The predicted molar refractivity (Wildman–Crippen MR) is 105 cm³/mol. The lowest BCUT2D eigenvalue weighted by Crippen LogP contribution is -2.54. The number of rotatable bonds is 7. The van der Waals surface area contributed by atoms with Crippen molar-refractivity contribution in [3.8, 4) is 5.75 Å². The van der Waals surface area contributed by atoms with Crippen molar-refractivity contribution in [2.75, 3.05) is 44.7 Å². The van der Waals surface area contributed by atoms with Crippen molar-refractivity contribution < 1.29 is 9.53 Å². The molecule has 6 nitrogen and oxygen atoms in total. The second kappa shape index (κ2) is 9.00. The van der Waals surface area contributed by atoms with Crippen molar-refractivity contribution in [1.29, 1.82) is 0 Å². The Labute approximate surface area is 158 Å². The Hall–Kier alpha value is -2.12. The number of thiazole rings is 1. The molecule has 2 heterocycles. The Kier molecular flexibility index (Phi) is 6.46. The number of amides is 1.